The van der Waals surface area contributed by atoms with Crippen LogP contribution in [-0.2, 0) is 0 Å². The number of unbranched alkanes of at least 4 members (excludes halogenated alkanes) is 1. The average molecular weight is 368 g/mol. The molecule has 0 saturated carbocycles. The minimum Gasteiger partial charge on any atom is -0.487 e. The number of fused-ring (bicyclic) bond motifs is 1. The van der Waals surface area contributed by atoms with Gasteiger partial charge in [-0.05, 0) is 13.3 Å². The summed E-state index contributed by atoms with van der Waals surface area (Å²) in [7, 11) is 0. The fourth-order valence-electron chi connectivity index (χ4n) is 2.19. The number of ether oxygens (including phenoxy) is 1. The zero-order valence-corrected chi connectivity index (χ0v) is 13.9. The summed E-state index contributed by atoms with van der Waals surface area (Å²) in [4.78, 5) is 25.3. The monoisotopic (exact) mass is 367 g/mol. The molecule has 0 spiro atoms. The second-order valence-corrected chi connectivity index (χ2v) is 5.77. The zero-order chi connectivity index (χ0) is 18.1. The van der Waals surface area contributed by atoms with Gasteiger partial charge in [-0.1, -0.05) is 24.9 Å². The molecule has 10 heteroatoms. The Balaban J connectivity index is 2.45. The molecule has 1 aliphatic heterocycles. The Morgan fingerprint density at radius 1 is 1.42 bits per heavy atom. The Hall–Kier alpha value is -1.90. The Morgan fingerprint density at radius 2 is 2.08 bits per heavy atom. The van der Waals surface area contributed by atoms with Crippen LogP contribution in [-0.4, -0.2) is 41.0 Å². The van der Waals surface area contributed by atoms with E-state index in [1.165, 1.54) is 0 Å². The van der Waals surface area contributed by atoms with Crippen LogP contribution in [0.4, 0.5) is 13.2 Å². The van der Waals surface area contributed by atoms with E-state index < -0.39 is 23.6 Å². The molecule has 1 N–H and O–H groups in total. The maximum Gasteiger partial charge on any atom is 0.408 e. The van der Waals surface area contributed by atoms with Gasteiger partial charge in [-0.3, -0.25) is 14.3 Å². The van der Waals surface area contributed by atoms with Crippen LogP contribution >= 0.6 is 11.6 Å². The van der Waals surface area contributed by atoms with Crippen molar-refractivity contribution < 1.29 is 22.7 Å². The summed E-state index contributed by atoms with van der Waals surface area (Å²) in [6.07, 6.45) is -2.03. The van der Waals surface area contributed by atoms with E-state index in [-0.39, 0.29) is 29.7 Å². The third-order valence-corrected chi connectivity index (χ3v) is 3.95. The van der Waals surface area contributed by atoms with E-state index in [1.54, 1.807) is 0 Å². The van der Waals surface area contributed by atoms with Crippen LogP contribution < -0.4 is 15.6 Å². The maximum atomic E-state index is 12.9. The van der Waals surface area contributed by atoms with Gasteiger partial charge in [0.05, 0.1) is 6.61 Å². The summed E-state index contributed by atoms with van der Waals surface area (Å²) in [6.45, 7) is 2.56. The molecule has 1 aliphatic rings. The van der Waals surface area contributed by atoms with Crippen molar-refractivity contribution in [2.45, 2.75) is 38.9 Å². The average Bonchev–Trinajstić information content (AvgIpc) is 2.50. The Labute approximate surface area is 141 Å². The molecule has 1 aromatic rings. The fourth-order valence-corrected chi connectivity index (χ4v) is 2.37. The minimum atomic E-state index is -4.59. The van der Waals surface area contributed by atoms with Gasteiger partial charge < -0.3 is 15.1 Å². The topological polar surface area (TPSA) is 63.6 Å². The number of hydrogen-bond donors (Lipinski definition) is 1. The lowest BCUT2D eigenvalue weighted by Gasteiger charge is -2.36. The summed E-state index contributed by atoms with van der Waals surface area (Å²) in [6, 6.07) is -2.01. The second-order valence-electron chi connectivity index (χ2n) is 5.36. The van der Waals surface area contributed by atoms with Gasteiger partial charge in [0, 0.05) is 6.20 Å². The third-order valence-electron chi connectivity index (χ3n) is 3.68. The van der Waals surface area contributed by atoms with Gasteiger partial charge in [0.1, 0.15) is 17.7 Å². The Kier molecular flexibility index (Phi) is 5.32. The molecule has 6 nitrogen and oxygen atoms in total. The fraction of sp³-hybridized carbons (Fsp3) is 0.571. The van der Waals surface area contributed by atoms with Crippen LogP contribution in [0.3, 0.4) is 0 Å². The number of aromatic nitrogens is 1. The molecule has 2 heterocycles. The van der Waals surface area contributed by atoms with Gasteiger partial charge in [-0.25, -0.2) is 0 Å². The quantitative estimate of drug-likeness (QED) is 0.812. The van der Waals surface area contributed by atoms with E-state index in [4.69, 9.17) is 16.3 Å². The highest BCUT2D eigenvalue weighted by molar-refractivity contribution is 6.30. The van der Waals surface area contributed by atoms with Crippen molar-refractivity contribution in [1.29, 1.82) is 0 Å². The summed E-state index contributed by atoms with van der Waals surface area (Å²) >= 11 is 5.82. The highest BCUT2D eigenvalue weighted by Crippen LogP contribution is 2.29. The van der Waals surface area contributed by atoms with Crippen LogP contribution in [0, 0.1) is 0 Å². The van der Waals surface area contributed by atoms with E-state index in [1.807, 2.05) is 6.92 Å². The molecular weight excluding hydrogens is 351 g/mol. The van der Waals surface area contributed by atoms with Gasteiger partial charge in [-0.2, -0.15) is 13.2 Å². The molecule has 0 unspecified atom stereocenters. The summed E-state index contributed by atoms with van der Waals surface area (Å²) in [5.41, 5.74) is 1.60. The summed E-state index contributed by atoms with van der Waals surface area (Å²) < 4.78 is 45.3. The zero-order valence-electron chi connectivity index (χ0n) is 13.1. The summed E-state index contributed by atoms with van der Waals surface area (Å²) in [5.74, 6) is -1.29. The second kappa shape index (κ2) is 6.92. The minimum absolute atomic E-state index is 0.154. The largest absolute Gasteiger partial charge is 0.487 e. The van der Waals surface area contributed by atoms with Crippen molar-refractivity contribution in [3.05, 3.63) is 27.1 Å². The van der Waals surface area contributed by atoms with E-state index in [0.29, 0.717) is 11.3 Å². The van der Waals surface area contributed by atoms with Crippen LogP contribution in [0.15, 0.2) is 11.0 Å². The molecule has 1 atom stereocenters. The number of amides is 1. The van der Waals surface area contributed by atoms with Gasteiger partial charge in [0.15, 0.2) is 11.4 Å². The first-order valence-corrected chi connectivity index (χ1v) is 7.75. The highest BCUT2D eigenvalue weighted by Gasteiger charge is 2.45. The number of nitrogens with one attached hydrogen (secondary N) is 1. The lowest BCUT2D eigenvalue weighted by atomic mass is 10.2. The van der Waals surface area contributed by atoms with Gasteiger partial charge >= 0.3 is 6.18 Å². The lowest BCUT2D eigenvalue weighted by Crippen LogP contribution is -2.54. The number of carbonyl (C=O) groups excluding carboxylic acids is 1. The molecule has 0 saturated heterocycles. The molecular formula is C14H17ClF3N3O3. The first-order valence-electron chi connectivity index (χ1n) is 7.38. The first kappa shape index (κ1) is 18.4. The van der Waals surface area contributed by atoms with E-state index in [2.05, 4.69) is 5.43 Å². The SMILES string of the molecule is CCCCOc1c2n(cc(Cl)c1=O)NCN([C@H](C)C(F)(F)F)C2=O. The number of carbonyl (C=O) groups is 1. The van der Waals surface area contributed by atoms with Gasteiger partial charge in [0.25, 0.3) is 5.91 Å². The van der Waals surface area contributed by atoms with Crippen LogP contribution in [0.5, 0.6) is 5.75 Å². The normalized spacial score (nSPS) is 15.8. The molecule has 24 heavy (non-hydrogen) atoms. The van der Waals surface area contributed by atoms with Crippen molar-refractivity contribution in [2.75, 3.05) is 18.7 Å². The summed E-state index contributed by atoms with van der Waals surface area (Å²) in [5, 5.41) is -0.192. The number of pyridine rings is 1. The molecule has 134 valence electrons. The lowest BCUT2D eigenvalue weighted by molar-refractivity contribution is -0.172. The molecule has 0 aliphatic carbocycles. The van der Waals surface area contributed by atoms with Crippen molar-refractivity contribution >= 4 is 17.5 Å². The van der Waals surface area contributed by atoms with Crippen molar-refractivity contribution in [3.63, 3.8) is 0 Å². The number of alkyl halides is 3. The van der Waals surface area contributed by atoms with Crippen molar-refractivity contribution in [1.82, 2.24) is 9.58 Å². The van der Waals surface area contributed by atoms with E-state index in [9.17, 15) is 22.8 Å². The molecule has 0 fully saturated rings. The molecule has 2 rings (SSSR count). The number of halogens is 4. The standard InChI is InChI=1S/C14H17ClF3N3O3/c1-3-4-5-24-12-10-13(23)20(8(2)14(16,17)18)7-19-21(10)6-9(15)11(12)22/h6,8,19H,3-5,7H2,1-2H3/t8-/m1/s1. The smallest absolute Gasteiger partial charge is 0.408 e. The van der Waals surface area contributed by atoms with Crippen LogP contribution in [0.2, 0.25) is 5.02 Å². The third kappa shape index (κ3) is 3.45. The van der Waals surface area contributed by atoms with Crippen LogP contribution in [0.1, 0.15) is 37.2 Å². The van der Waals surface area contributed by atoms with Gasteiger partial charge in [0.2, 0.25) is 5.43 Å². The molecule has 0 aromatic carbocycles. The Bertz CT molecular complexity index is 690. The first-order chi connectivity index (χ1) is 11.2. The molecule has 0 radical (unpaired) electrons. The molecule has 1 amide bonds. The van der Waals surface area contributed by atoms with E-state index >= 15 is 0 Å². The number of nitrogens with zero attached hydrogens (tertiary/aromatic N) is 2. The predicted octanol–water partition coefficient (Wildman–Crippen LogP) is 2.59. The maximum absolute atomic E-state index is 12.9. The Morgan fingerprint density at radius 3 is 2.67 bits per heavy atom. The highest BCUT2D eigenvalue weighted by atomic mass is 35.5. The number of hydrogen-bond acceptors (Lipinski definition) is 4. The van der Waals surface area contributed by atoms with Gasteiger partial charge in [-0.15, -0.1) is 0 Å². The number of rotatable bonds is 5. The van der Waals surface area contributed by atoms with Crippen LogP contribution in [0.25, 0.3) is 0 Å². The molecule has 1 aromatic heterocycles. The molecule has 0 bridgehead atoms. The predicted molar refractivity (Wildman–Crippen MR) is 82.0 cm³/mol. The van der Waals surface area contributed by atoms with Crippen molar-refractivity contribution in [3.8, 4) is 5.75 Å². The van der Waals surface area contributed by atoms with E-state index in [0.717, 1.165) is 24.2 Å². The van der Waals surface area contributed by atoms with Crippen molar-refractivity contribution in [2.24, 2.45) is 0 Å².